The molecule has 0 bridgehead atoms. The van der Waals surface area contributed by atoms with Crippen LogP contribution in [0.3, 0.4) is 0 Å². The Morgan fingerprint density at radius 2 is 2.17 bits per heavy atom. The van der Waals surface area contributed by atoms with Crippen LogP contribution >= 0.6 is 11.3 Å². The minimum atomic E-state index is -0.287. The summed E-state index contributed by atoms with van der Waals surface area (Å²) < 4.78 is 5.66. The molecule has 0 aliphatic carbocycles. The molecule has 1 amide bonds. The summed E-state index contributed by atoms with van der Waals surface area (Å²) in [5.41, 5.74) is 2.06. The second kappa shape index (κ2) is 5.39. The molecule has 2 aliphatic heterocycles. The molecule has 2 aromatic rings. The normalized spacial score (nSPS) is 20.9. The molecule has 4 heterocycles. The second-order valence-corrected chi connectivity index (χ2v) is 7.63. The maximum absolute atomic E-state index is 12.6. The van der Waals surface area contributed by atoms with Crippen molar-refractivity contribution in [1.82, 2.24) is 10.2 Å². The lowest BCUT2D eigenvalue weighted by Crippen LogP contribution is -2.39. The highest BCUT2D eigenvalue weighted by Crippen LogP contribution is 2.41. The Morgan fingerprint density at radius 1 is 1.35 bits per heavy atom. The summed E-state index contributed by atoms with van der Waals surface area (Å²) in [6, 6.07) is 4.35. The molecular weight excluding hydrogens is 310 g/mol. The first-order valence-corrected chi connectivity index (χ1v) is 8.87. The molecule has 0 saturated heterocycles. The summed E-state index contributed by atoms with van der Waals surface area (Å²) in [7, 11) is 0. The number of thiophene rings is 1. The lowest BCUT2D eigenvalue weighted by atomic mass is 10.0. The third-order valence-corrected chi connectivity index (χ3v) is 5.79. The van der Waals surface area contributed by atoms with E-state index < -0.39 is 0 Å². The number of hydrogen-bond acceptors (Lipinski definition) is 5. The zero-order valence-electron chi connectivity index (χ0n) is 13.6. The van der Waals surface area contributed by atoms with E-state index in [1.54, 1.807) is 11.3 Å². The van der Waals surface area contributed by atoms with Crippen molar-refractivity contribution in [1.29, 1.82) is 0 Å². The van der Waals surface area contributed by atoms with Gasteiger partial charge in [-0.3, -0.25) is 9.69 Å². The molecule has 2 aliphatic rings. The zero-order chi connectivity index (χ0) is 16.1. The van der Waals surface area contributed by atoms with E-state index in [1.165, 1.54) is 10.4 Å². The van der Waals surface area contributed by atoms with Crippen LogP contribution in [0.5, 0.6) is 0 Å². The predicted octanol–water partition coefficient (Wildman–Crippen LogP) is 3.27. The van der Waals surface area contributed by atoms with Crippen LogP contribution in [0, 0.1) is 6.92 Å². The quantitative estimate of drug-likeness (QED) is 0.887. The van der Waals surface area contributed by atoms with Crippen LogP contribution in [-0.2, 0) is 13.0 Å². The first-order chi connectivity index (χ1) is 11.0. The smallest absolute Gasteiger partial charge is 0.256 e. The van der Waals surface area contributed by atoms with E-state index in [1.807, 2.05) is 19.1 Å². The van der Waals surface area contributed by atoms with Crippen molar-refractivity contribution < 1.29 is 9.21 Å². The van der Waals surface area contributed by atoms with Gasteiger partial charge in [0.2, 0.25) is 0 Å². The highest BCUT2D eigenvalue weighted by Gasteiger charge is 2.34. The number of aryl methyl sites for hydroxylation is 1. The Kier molecular flexibility index (Phi) is 3.46. The minimum absolute atomic E-state index is 0.00769. The van der Waals surface area contributed by atoms with Crippen molar-refractivity contribution in [2.75, 3.05) is 11.9 Å². The molecule has 2 aromatic heterocycles. The standard InChI is InChI=1S/C17H21N3O2S/c1-9(2)20-7-6-11-13(8-20)23-17-14(11)16(21)18-15(19-17)12-5-4-10(3)22-12/h4-5,9,15,19H,6-8H2,1-3H3,(H,18,21)/t15-/m0/s1. The van der Waals surface area contributed by atoms with E-state index in [0.29, 0.717) is 6.04 Å². The molecular formula is C17H21N3O2S. The fourth-order valence-electron chi connectivity index (χ4n) is 3.33. The third kappa shape index (κ3) is 2.46. The van der Waals surface area contributed by atoms with Crippen LogP contribution in [0.25, 0.3) is 0 Å². The number of hydrogen-bond donors (Lipinski definition) is 2. The van der Waals surface area contributed by atoms with Gasteiger partial charge < -0.3 is 15.1 Å². The van der Waals surface area contributed by atoms with Crippen molar-refractivity contribution in [2.45, 2.75) is 45.9 Å². The van der Waals surface area contributed by atoms with Crippen LogP contribution in [0.2, 0.25) is 0 Å². The molecule has 122 valence electrons. The van der Waals surface area contributed by atoms with Crippen LogP contribution in [-0.4, -0.2) is 23.4 Å². The molecule has 0 fully saturated rings. The monoisotopic (exact) mass is 331 g/mol. The van der Waals surface area contributed by atoms with Gasteiger partial charge in [0.15, 0.2) is 6.17 Å². The number of furan rings is 1. The molecule has 23 heavy (non-hydrogen) atoms. The second-order valence-electron chi connectivity index (χ2n) is 6.52. The Bertz CT molecular complexity index is 762. The summed E-state index contributed by atoms with van der Waals surface area (Å²) in [5, 5.41) is 7.43. The van der Waals surface area contributed by atoms with Gasteiger partial charge in [-0.15, -0.1) is 11.3 Å². The number of nitrogens with one attached hydrogen (secondary N) is 2. The average Bonchev–Trinajstić information content (AvgIpc) is 3.09. The Labute approximate surface area is 139 Å². The predicted molar refractivity (Wildman–Crippen MR) is 90.8 cm³/mol. The average molecular weight is 331 g/mol. The summed E-state index contributed by atoms with van der Waals surface area (Å²) in [6.07, 6.45) is 0.656. The molecule has 0 radical (unpaired) electrons. The maximum Gasteiger partial charge on any atom is 0.256 e. The number of amides is 1. The molecule has 0 unspecified atom stereocenters. The Morgan fingerprint density at radius 3 is 2.87 bits per heavy atom. The summed E-state index contributed by atoms with van der Waals surface area (Å²) >= 11 is 1.71. The lowest BCUT2D eigenvalue weighted by Gasteiger charge is -2.30. The van der Waals surface area contributed by atoms with Crippen molar-refractivity contribution in [2.24, 2.45) is 0 Å². The topological polar surface area (TPSA) is 57.5 Å². The molecule has 6 heteroatoms. The van der Waals surface area contributed by atoms with Gasteiger partial charge >= 0.3 is 0 Å². The van der Waals surface area contributed by atoms with E-state index in [9.17, 15) is 4.79 Å². The summed E-state index contributed by atoms with van der Waals surface area (Å²) in [4.78, 5) is 16.4. The molecule has 0 aromatic carbocycles. The van der Waals surface area contributed by atoms with Gasteiger partial charge in [-0.05, 0) is 44.9 Å². The Balaban J connectivity index is 1.66. The molecule has 2 N–H and O–H groups in total. The van der Waals surface area contributed by atoms with Gasteiger partial charge in [0.25, 0.3) is 5.91 Å². The van der Waals surface area contributed by atoms with Crippen molar-refractivity contribution >= 4 is 22.2 Å². The van der Waals surface area contributed by atoms with Gasteiger partial charge in [0, 0.05) is 24.0 Å². The maximum atomic E-state index is 12.6. The first kappa shape index (κ1) is 14.8. The van der Waals surface area contributed by atoms with Gasteiger partial charge in [0.1, 0.15) is 16.5 Å². The van der Waals surface area contributed by atoms with Crippen molar-refractivity contribution in [3.05, 3.63) is 39.7 Å². The fourth-order valence-corrected chi connectivity index (χ4v) is 4.63. The van der Waals surface area contributed by atoms with Crippen molar-refractivity contribution in [3.63, 3.8) is 0 Å². The number of nitrogens with zero attached hydrogens (tertiary/aromatic N) is 1. The number of carbonyl (C=O) groups excluding carboxylic acids is 1. The molecule has 4 rings (SSSR count). The number of anilines is 1. The highest BCUT2D eigenvalue weighted by atomic mass is 32.1. The van der Waals surface area contributed by atoms with E-state index in [4.69, 9.17) is 4.42 Å². The van der Waals surface area contributed by atoms with Gasteiger partial charge in [-0.25, -0.2) is 0 Å². The van der Waals surface area contributed by atoms with Crippen LogP contribution in [0.4, 0.5) is 5.00 Å². The van der Waals surface area contributed by atoms with E-state index in [0.717, 1.165) is 41.6 Å². The van der Waals surface area contributed by atoms with Crippen LogP contribution < -0.4 is 10.6 Å². The highest BCUT2D eigenvalue weighted by molar-refractivity contribution is 7.16. The van der Waals surface area contributed by atoms with Crippen molar-refractivity contribution in [3.8, 4) is 0 Å². The molecule has 1 atom stereocenters. The largest absolute Gasteiger partial charge is 0.462 e. The molecule has 0 spiro atoms. The number of fused-ring (bicyclic) bond motifs is 3. The number of carbonyl (C=O) groups is 1. The van der Waals surface area contributed by atoms with Gasteiger partial charge in [-0.2, -0.15) is 0 Å². The summed E-state index contributed by atoms with van der Waals surface area (Å²) in [5.74, 6) is 1.60. The lowest BCUT2D eigenvalue weighted by molar-refractivity contribution is 0.0929. The first-order valence-electron chi connectivity index (χ1n) is 8.05. The van der Waals surface area contributed by atoms with E-state index in [2.05, 4.69) is 29.4 Å². The molecule has 5 nitrogen and oxygen atoms in total. The van der Waals surface area contributed by atoms with Gasteiger partial charge in [0.05, 0.1) is 5.56 Å². The fraction of sp³-hybridized carbons (Fsp3) is 0.471. The minimum Gasteiger partial charge on any atom is -0.462 e. The van der Waals surface area contributed by atoms with Crippen LogP contribution in [0.15, 0.2) is 16.5 Å². The molecule has 0 saturated carbocycles. The van der Waals surface area contributed by atoms with E-state index in [-0.39, 0.29) is 12.1 Å². The summed E-state index contributed by atoms with van der Waals surface area (Å²) in [6.45, 7) is 8.30. The third-order valence-electron chi connectivity index (χ3n) is 4.64. The zero-order valence-corrected chi connectivity index (χ0v) is 14.4. The van der Waals surface area contributed by atoms with Crippen LogP contribution in [0.1, 0.15) is 52.3 Å². The number of rotatable bonds is 2. The SMILES string of the molecule is Cc1ccc([C@H]2NC(=O)c3c(sc4c3CCN(C(C)C)C4)N2)o1. The Hall–Kier alpha value is -1.79. The van der Waals surface area contributed by atoms with E-state index >= 15 is 0 Å². The van der Waals surface area contributed by atoms with Gasteiger partial charge in [-0.1, -0.05) is 0 Å².